The third kappa shape index (κ3) is 2.27. The van der Waals surface area contributed by atoms with Crippen LogP contribution in [-0.2, 0) is 0 Å². The van der Waals surface area contributed by atoms with Gasteiger partial charge in [0.25, 0.3) is 0 Å². The summed E-state index contributed by atoms with van der Waals surface area (Å²) in [6.07, 6.45) is 0. The van der Waals surface area contributed by atoms with Gasteiger partial charge in [-0.1, -0.05) is 0 Å². The summed E-state index contributed by atoms with van der Waals surface area (Å²) in [5.41, 5.74) is -0.716. The predicted octanol–water partition coefficient (Wildman–Crippen LogP) is 3.51. The van der Waals surface area contributed by atoms with E-state index in [1.807, 2.05) is 6.07 Å². The fraction of sp³-hybridized carbons (Fsp3) is 0. The maximum atomic E-state index is 13.6. The zero-order chi connectivity index (χ0) is 14.0. The van der Waals surface area contributed by atoms with Gasteiger partial charge in [-0.25, -0.2) is 13.2 Å². The topological polar surface area (TPSA) is 47.6 Å². The Morgan fingerprint density at radius 1 is 0.789 bits per heavy atom. The Kier molecular flexibility index (Phi) is 3.22. The summed E-state index contributed by atoms with van der Waals surface area (Å²) >= 11 is 0. The monoisotopic (exact) mass is 258 g/mol. The van der Waals surface area contributed by atoms with Crippen molar-refractivity contribution in [3.8, 4) is 23.3 Å². The van der Waals surface area contributed by atoms with Crippen LogP contribution >= 0.6 is 0 Å². The van der Waals surface area contributed by atoms with Gasteiger partial charge in [0, 0.05) is 5.56 Å². The first kappa shape index (κ1) is 12.7. The third-order valence-corrected chi connectivity index (χ3v) is 2.56. The van der Waals surface area contributed by atoms with Gasteiger partial charge in [-0.2, -0.15) is 10.5 Å². The van der Waals surface area contributed by atoms with Crippen LogP contribution < -0.4 is 0 Å². The molecule has 0 bridgehead atoms. The Labute approximate surface area is 107 Å². The summed E-state index contributed by atoms with van der Waals surface area (Å²) in [5, 5.41) is 17.3. The molecule has 19 heavy (non-hydrogen) atoms. The van der Waals surface area contributed by atoms with E-state index < -0.39 is 23.0 Å². The predicted molar refractivity (Wildman–Crippen MR) is 61.2 cm³/mol. The Bertz CT molecular complexity index is 716. The Morgan fingerprint density at radius 2 is 1.42 bits per heavy atom. The quantitative estimate of drug-likeness (QED) is 0.785. The lowest BCUT2D eigenvalue weighted by molar-refractivity contribution is 0.577. The average molecular weight is 258 g/mol. The van der Waals surface area contributed by atoms with Gasteiger partial charge in [0.15, 0.2) is 0 Å². The summed E-state index contributed by atoms with van der Waals surface area (Å²) in [4.78, 5) is 0. The average Bonchev–Trinajstić information content (AvgIpc) is 2.39. The van der Waals surface area contributed by atoms with Gasteiger partial charge in [0.2, 0.25) is 0 Å². The number of halogens is 3. The van der Waals surface area contributed by atoms with E-state index in [1.165, 1.54) is 18.2 Å². The molecule has 0 aliphatic rings. The summed E-state index contributed by atoms with van der Waals surface area (Å²) in [6.45, 7) is 0. The van der Waals surface area contributed by atoms with E-state index in [4.69, 9.17) is 10.5 Å². The molecule has 0 unspecified atom stereocenters. The minimum absolute atomic E-state index is 0.0661. The lowest BCUT2D eigenvalue weighted by Crippen LogP contribution is -1.94. The van der Waals surface area contributed by atoms with Crippen LogP contribution in [0.25, 0.3) is 11.1 Å². The molecule has 0 N–H and O–H groups in total. The molecule has 2 rings (SSSR count). The van der Waals surface area contributed by atoms with Gasteiger partial charge in [-0.15, -0.1) is 0 Å². The van der Waals surface area contributed by atoms with E-state index in [0.717, 1.165) is 18.2 Å². The summed E-state index contributed by atoms with van der Waals surface area (Å²) < 4.78 is 40.5. The second-order valence-corrected chi connectivity index (χ2v) is 3.73. The van der Waals surface area contributed by atoms with Crippen molar-refractivity contribution in [2.75, 3.05) is 0 Å². The molecule has 0 saturated heterocycles. The number of rotatable bonds is 1. The van der Waals surface area contributed by atoms with Crippen molar-refractivity contribution in [3.63, 3.8) is 0 Å². The molecule has 0 saturated carbocycles. The van der Waals surface area contributed by atoms with Gasteiger partial charge in [-0.3, -0.25) is 0 Å². The first-order valence-electron chi connectivity index (χ1n) is 5.16. The van der Waals surface area contributed by atoms with Crippen LogP contribution in [-0.4, -0.2) is 0 Å². The highest BCUT2D eigenvalue weighted by Gasteiger charge is 2.14. The van der Waals surface area contributed by atoms with E-state index in [-0.39, 0.29) is 16.7 Å². The van der Waals surface area contributed by atoms with Gasteiger partial charge in [0.05, 0.1) is 11.6 Å². The Hall–Kier alpha value is -2.79. The lowest BCUT2D eigenvalue weighted by atomic mass is 10.0. The van der Waals surface area contributed by atoms with Crippen LogP contribution in [0.5, 0.6) is 0 Å². The number of benzene rings is 2. The van der Waals surface area contributed by atoms with E-state index in [9.17, 15) is 13.2 Å². The molecule has 2 nitrogen and oxygen atoms in total. The van der Waals surface area contributed by atoms with Gasteiger partial charge >= 0.3 is 0 Å². The molecular weight excluding hydrogens is 253 g/mol. The van der Waals surface area contributed by atoms with Crippen molar-refractivity contribution in [1.29, 1.82) is 10.5 Å². The zero-order valence-electron chi connectivity index (χ0n) is 9.42. The van der Waals surface area contributed by atoms with Crippen LogP contribution in [0.2, 0.25) is 0 Å². The molecule has 0 amide bonds. The largest absolute Gasteiger partial charge is 0.206 e. The number of nitriles is 2. The minimum atomic E-state index is -1.07. The molecular formula is C14H5F3N2. The van der Waals surface area contributed by atoms with E-state index in [0.29, 0.717) is 0 Å². The van der Waals surface area contributed by atoms with E-state index in [2.05, 4.69) is 0 Å². The molecule has 0 atom stereocenters. The number of hydrogen-bond acceptors (Lipinski definition) is 2. The van der Waals surface area contributed by atoms with Crippen molar-refractivity contribution < 1.29 is 13.2 Å². The summed E-state index contributed by atoms with van der Waals surface area (Å²) in [6, 6.07) is 8.41. The highest BCUT2D eigenvalue weighted by molar-refractivity contribution is 5.67. The molecule has 0 heterocycles. The standard InChI is InChI=1S/C14H5F3N2/c15-12-2-1-8(6-18)3-10(12)9-4-13(16)11(7-19)14(17)5-9/h1-5H. The number of nitrogens with zero attached hydrogens (tertiary/aromatic N) is 2. The summed E-state index contributed by atoms with van der Waals surface area (Å²) in [7, 11) is 0. The van der Waals surface area contributed by atoms with Crippen LogP contribution in [0, 0.1) is 40.1 Å². The van der Waals surface area contributed by atoms with Crippen LogP contribution in [0.3, 0.4) is 0 Å². The molecule has 5 heteroatoms. The Balaban J connectivity index is 2.67. The molecule has 0 aliphatic heterocycles. The van der Waals surface area contributed by atoms with E-state index >= 15 is 0 Å². The first-order valence-corrected chi connectivity index (χ1v) is 5.16. The molecule has 0 spiro atoms. The molecule has 0 aliphatic carbocycles. The van der Waals surface area contributed by atoms with Crippen LogP contribution in [0.4, 0.5) is 13.2 Å². The Morgan fingerprint density at radius 3 is 1.95 bits per heavy atom. The molecule has 92 valence electrons. The SMILES string of the molecule is N#Cc1ccc(F)c(-c2cc(F)c(C#N)c(F)c2)c1. The van der Waals surface area contributed by atoms with Crippen molar-refractivity contribution in [1.82, 2.24) is 0 Å². The maximum Gasteiger partial charge on any atom is 0.144 e. The lowest BCUT2D eigenvalue weighted by Gasteiger charge is -2.06. The van der Waals surface area contributed by atoms with Gasteiger partial charge in [0.1, 0.15) is 29.1 Å². The molecule has 0 aromatic heterocycles. The smallest absolute Gasteiger partial charge is 0.144 e. The zero-order valence-corrected chi connectivity index (χ0v) is 9.42. The highest BCUT2D eigenvalue weighted by Crippen LogP contribution is 2.27. The second kappa shape index (κ2) is 4.83. The molecule has 2 aromatic carbocycles. The van der Waals surface area contributed by atoms with E-state index in [1.54, 1.807) is 0 Å². The van der Waals surface area contributed by atoms with Crippen LogP contribution in [0.15, 0.2) is 30.3 Å². The van der Waals surface area contributed by atoms with Gasteiger partial charge < -0.3 is 0 Å². The molecule has 2 aromatic rings. The normalized spacial score (nSPS) is 9.74. The van der Waals surface area contributed by atoms with Crippen molar-refractivity contribution in [3.05, 3.63) is 58.9 Å². The highest BCUT2D eigenvalue weighted by atomic mass is 19.1. The minimum Gasteiger partial charge on any atom is -0.206 e. The first-order chi connectivity index (χ1) is 9.06. The second-order valence-electron chi connectivity index (χ2n) is 3.73. The fourth-order valence-corrected chi connectivity index (χ4v) is 1.65. The molecule has 0 fully saturated rings. The number of hydrogen-bond donors (Lipinski definition) is 0. The van der Waals surface area contributed by atoms with Gasteiger partial charge in [-0.05, 0) is 35.9 Å². The summed E-state index contributed by atoms with van der Waals surface area (Å²) in [5.74, 6) is -2.85. The third-order valence-electron chi connectivity index (χ3n) is 2.56. The van der Waals surface area contributed by atoms with Crippen molar-refractivity contribution in [2.45, 2.75) is 0 Å². The van der Waals surface area contributed by atoms with Crippen LogP contribution in [0.1, 0.15) is 11.1 Å². The van der Waals surface area contributed by atoms with Crippen molar-refractivity contribution >= 4 is 0 Å². The van der Waals surface area contributed by atoms with Crippen molar-refractivity contribution in [2.24, 2.45) is 0 Å². The molecule has 0 radical (unpaired) electrons. The maximum absolute atomic E-state index is 13.6. The fourth-order valence-electron chi connectivity index (χ4n) is 1.65.